The van der Waals surface area contributed by atoms with E-state index in [1.54, 1.807) is 0 Å². The fraction of sp³-hybridized carbons (Fsp3) is 1.00. The van der Waals surface area contributed by atoms with Crippen LogP contribution < -0.4 is 10.6 Å². The molecule has 1 saturated heterocycles. The molecule has 4 atom stereocenters. The van der Waals surface area contributed by atoms with Gasteiger partial charge in [0, 0.05) is 12.1 Å². The Bertz CT molecular complexity index is 199. The van der Waals surface area contributed by atoms with Gasteiger partial charge in [0.1, 0.15) is 0 Å². The first-order valence-electron chi connectivity index (χ1n) is 7.28. The lowest BCUT2D eigenvalue weighted by Gasteiger charge is -2.27. The molecule has 0 aromatic rings. The van der Waals surface area contributed by atoms with Crippen molar-refractivity contribution >= 4 is 0 Å². The van der Waals surface area contributed by atoms with E-state index in [1.165, 1.54) is 51.6 Å². The first-order valence-corrected chi connectivity index (χ1v) is 7.28. The van der Waals surface area contributed by atoms with Crippen molar-refractivity contribution in [3.8, 4) is 0 Å². The molecule has 2 N–H and O–H groups in total. The average molecular weight is 224 g/mol. The Labute approximate surface area is 101 Å². The van der Waals surface area contributed by atoms with Gasteiger partial charge < -0.3 is 10.6 Å². The molecule has 2 fully saturated rings. The van der Waals surface area contributed by atoms with Gasteiger partial charge in [-0.05, 0) is 50.6 Å². The van der Waals surface area contributed by atoms with Gasteiger partial charge in [0.25, 0.3) is 0 Å². The zero-order valence-corrected chi connectivity index (χ0v) is 11.0. The Morgan fingerprint density at radius 1 is 1.25 bits per heavy atom. The van der Waals surface area contributed by atoms with Crippen molar-refractivity contribution in [1.29, 1.82) is 0 Å². The van der Waals surface area contributed by atoms with Crippen molar-refractivity contribution in [2.75, 3.05) is 13.1 Å². The van der Waals surface area contributed by atoms with Crippen molar-refractivity contribution in [2.24, 2.45) is 11.8 Å². The van der Waals surface area contributed by atoms with Gasteiger partial charge in [0.2, 0.25) is 0 Å². The molecule has 0 aromatic heterocycles. The lowest BCUT2D eigenvalue weighted by Crippen LogP contribution is -2.43. The highest BCUT2D eigenvalue weighted by Gasteiger charge is 2.34. The van der Waals surface area contributed by atoms with Crippen LogP contribution in [0.15, 0.2) is 0 Å². The van der Waals surface area contributed by atoms with Gasteiger partial charge in [-0.25, -0.2) is 0 Å². The van der Waals surface area contributed by atoms with E-state index in [-0.39, 0.29) is 0 Å². The van der Waals surface area contributed by atoms with Gasteiger partial charge in [0.05, 0.1) is 0 Å². The van der Waals surface area contributed by atoms with Crippen LogP contribution in [0.2, 0.25) is 0 Å². The highest BCUT2D eigenvalue weighted by molar-refractivity contribution is 4.93. The molecule has 1 heterocycles. The zero-order valence-electron chi connectivity index (χ0n) is 11.0. The van der Waals surface area contributed by atoms with Crippen LogP contribution in [-0.2, 0) is 0 Å². The molecule has 2 aliphatic rings. The Hall–Kier alpha value is -0.0800. The van der Waals surface area contributed by atoms with Crippen LogP contribution in [0.1, 0.15) is 52.4 Å². The molecule has 0 amide bonds. The summed E-state index contributed by atoms with van der Waals surface area (Å²) in [6.45, 7) is 7.10. The third-order valence-electron chi connectivity index (χ3n) is 4.61. The van der Waals surface area contributed by atoms with E-state index in [0.717, 1.165) is 23.9 Å². The second-order valence-corrected chi connectivity index (χ2v) is 5.83. The van der Waals surface area contributed by atoms with Crippen LogP contribution in [-0.4, -0.2) is 25.2 Å². The highest BCUT2D eigenvalue weighted by Crippen LogP contribution is 2.31. The van der Waals surface area contributed by atoms with Gasteiger partial charge in [-0.15, -0.1) is 0 Å². The zero-order chi connectivity index (χ0) is 11.4. The molecule has 94 valence electrons. The molecule has 2 heteroatoms. The molecule has 2 nitrogen and oxygen atoms in total. The minimum absolute atomic E-state index is 0.796. The quantitative estimate of drug-likeness (QED) is 0.750. The molecule has 0 aromatic carbocycles. The lowest BCUT2D eigenvalue weighted by molar-refractivity contribution is 0.308. The van der Waals surface area contributed by atoms with Crippen LogP contribution in [0.3, 0.4) is 0 Å². The predicted octanol–water partition coefficient (Wildman–Crippen LogP) is 2.54. The van der Waals surface area contributed by atoms with Crippen molar-refractivity contribution in [3.63, 3.8) is 0 Å². The van der Waals surface area contributed by atoms with Crippen LogP contribution in [0.5, 0.6) is 0 Å². The smallest absolute Gasteiger partial charge is 0.0111 e. The number of nitrogens with one attached hydrogen (secondary N) is 2. The molecule has 0 radical (unpaired) electrons. The Morgan fingerprint density at radius 3 is 2.81 bits per heavy atom. The van der Waals surface area contributed by atoms with Gasteiger partial charge in [-0.1, -0.05) is 26.7 Å². The van der Waals surface area contributed by atoms with Gasteiger partial charge >= 0.3 is 0 Å². The molecule has 1 aliphatic carbocycles. The SMILES string of the molecule is CCC(C)CNC1CCCC1C1CCCN1. The summed E-state index contributed by atoms with van der Waals surface area (Å²) in [5.74, 6) is 1.74. The van der Waals surface area contributed by atoms with E-state index in [1.807, 2.05) is 0 Å². The standard InChI is InChI=1S/C14H28N2/c1-3-11(2)10-16-14-7-4-6-12(14)13-8-5-9-15-13/h11-16H,3-10H2,1-2H3. The topological polar surface area (TPSA) is 24.1 Å². The van der Waals surface area contributed by atoms with E-state index in [9.17, 15) is 0 Å². The fourth-order valence-corrected chi connectivity index (χ4v) is 3.30. The number of hydrogen-bond donors (Lipinski definition) is 2. The Kier molecular flexibility index (Phi) is 4.66. The summed E-state index contributed by atoms with van der Waals surface area (Å²) in [6.07, 6.45) is 8.37. The highest BCUT2D eigenvalue weighted by atomic mass is 15.0. The van der Waals surface area contributed by atoms with Crippen molar-refractivity contribution in [2.45, 2.75) is 64.5 Å². The summed E-state index contributed by atoms with van der Waals surface area (Å²) in [7, 11) is 0. The fourth-order valence-electron chi connectivity index (χ4n) is 3.30. The van der Waals surface area contributed by atoms with E-state index in [0.29, 0.717) is 0 Å². The maximum atomic E-state index is 3.82. The van der Waals surface area contributed by atoms with Crippen molar-refractivity contribution < 1.29 is 0 Å². The van der Waals surface area contributed by atoms with Gasteiger partial charge in [-0.3, -0.25) is 0 Å². The minimum Gasteiger partial charge on any atom is -0.314 e. The summed E-state index contributed by atoms with van der Waals surface area (Å²) in [6, 6.07) is 1.61. The second-order valence-electron chi connectivity index (χ2n) is 5.83. The van der Waals surface area contributed by atoms with E-state index in [2.05, 4.69) is 24.5 Å². The molecule has 16 heavy (non-hydrogen) atoms. The normalized spacial score (nSPS) is 36.8. The van der Waals surface area contributed by atoms with Crippen LogP contribution >= 0.6 is 0 Å². The first-order chi connectivity index (χ1) is 7.81. The second kappa shape index (κ2) is 6.02. The molecule has 0 bridgehead atoms. The maximum Gasteiger partial charge on any atom is 0.0111 e. The van der Waals surface area contributed by atoms with Crippen LogP contribution in [0, 0.1) is 11.8 Å². The van der Waals surface area contributed by atoms with Gasteiger partial charge in [-0.2, -0.15) is 0 Å². The molecular weight excluding hydrogens is 196 g/mol. The number of rotatable bonds is 5. The summed E-state index contributed by atoms with van der Waals surface area (Å²) in [4.78, 5) is 0. The van der Waals surface area contributed by atoms with Crippen LogP contribution in [0.25, 0.3) is 0 Å². The summed E-state index contributed by atoms with van der Waals surface area (Å²) in [5, 5.41) is 7.51. The number of hydrogen-bond acceptors (Lipinski definition) is 2. The van der Waals surface area contributed by atoms with E-state index < -0.39 is 0 Å². The van der Waals surface area contributed by atoms with E-state index in [4.69, 9.17) is 0 Å². The lowest BCUT2D eigenvalue weighted by atomic mass is 9.93. The average Bonchev–Trinajstić information content (AvgIpc) is 2.95. The predicted molar refractivity (Wildman–Crippen MR) is 69.6 cm³/mol. The Balaban J connectivity index is 1.78. The van der Waals surface area contributed by atoms with Crippen molar-refractivity contribution in [3.05, 3.63) is 0 Å². The van der Waals surface area contributed by atoms with Gasteiger partial charge in [0.15, 0.2) is 0 Å². The molecule has 4 unspecified atom stereocenters. The largest absolute Gasteiger partial charge is 0.314 e. The third kappa shape index (κ3) is 2.98. The molecule has 1 aliphatic heterocycles. The summed E-state index contributed by atoms with van der Waals surface area (Å²) in [5.41, 5.74) is 0. The maximum absolute atomic E-state index is 3.82. The molecule has 2 rings (SSSR count). The van der Waals surface area contributed by atoms with Crippen LogP contribution in [0.4, 0.5) is 0 Å². The molecule has 1 saturated carbocycles. The summed E-state index contributed by atoms with van der Waals surface area (Å²) < 4.78 is 0. The summed E-state index contributed by atoms with van der Waals surface area (Å²) >= 11 is 0. The Morgan fingerprint density at radius 2 is 2.12 bits per heavy atom. The first kappa shape index (κ1) is 12.4. The monoisotopic (exact) mass is 224 g/mol. The minimum atomic E-state index is 0.796. The van der Waals surface area contributed by atoms with Crippen molar-refractivity contribution in [1.82, 2.24) is 10.6 Å². The third-order valence-corrected chi connectivity index (χ3v) is 4.61. The molecular formula is C14H28N2. The van der Waals surface area contributed by atoms with E-state index >= 15 is 0 Å². The molecule has 0 spiro atoms.